The van der Waals surface area contributed by atoms with E-state index in [9.17, 15) is 9.59 Å². The number of rotatable bonds is 9. The zero-order valence-electron chi connectivity index (χ0n) is 18.5. The third-order valence-corrected chi connectivity index (χ3v) is 5.65. The molecule has 0 radical (unpaired) electrons. The number of ether oxygens (including phenoxy) is 2. The molecule has 9 heteroatoms. The standard InChI is InChI=1S/C25H23BrClN3O4/c1-16(29-25(32)17-7-10-21(33-2)11-8-17)24(31)30-28-14-19-13-20(26)9-12-23(19)34-15-18-5-3-4-6-22(18)27/h3-14,16H,15H2,1-2H3,(H,29,32)(H,30,31). The second-order valence-electron chi connectivity index (χ2n) is 7.22. The van der Waals surface area contributed by atoms with Gasteiger partial charge >= 0.3 is 0 Å². The minimum Gasteiger partial charge on any atom is -0.497 e. The van der Waals surface area contributed by atoms with Crippen molar-refractivity contribution in [2.45, 2.75) is 19.6 Å². The number of benzene rings is 3. The SMILES string of the molecule is COc1ccc(C(=O)NC(C)C(=O)NN=Cc2cc(Br)ccc2OCc2ccccc2Cl)cc1. The molecule has 0 aliphatic heterocycles. The Morgan fingerprint density at radius 2 is 1.85 bits per heavy atom. The van der Waals surface area contributed by atoms with Crippen molar-refractivity contribution in [1.82, 2.24) is 10.7 Å². The Bertz CT molecular complexity index is 1190. The van der Waals surface area contributed by atoms with Gasteiger partial charge in [0.15, 0.2) is 0 Å². The van der Waals surface area contributed by atoms with Gasteiger partial charge in [-0.3, -0.25) is 9.59 Å². The Labute approximate surface area is 211 Å². The molecule has 0 heterocycles. The molecule has 34 heavy (non-hydrogen) atoms. The van der Waals surface area contributed by atoms with Gasteiger partial charge in [-0.05, 0) is 55.5 Å². The summed E-state index contributed by atoms with van der Waals surface area (Å²) in [7, 11) is 1.55. The molecular formula is C25H23BrClN3O4. The van der Waals surface area contributed by atoms with E-state index in [1.807, 2.05) is 30.3 Å². The molecule has 3 rings (SSSR count). The molecule has 7 nitrogen and oxygen atoms in total. The van der Waals surface area contributed by atoms with Crippen LogP contribution in [-0.4, -0.2) is 31.2 Å². The highest BCUT2D eigenvalue weighted by Crippen LogP contribution is 2.24. The lowest BCUT2D eigenvalue weighted by atomic mass is 10.2. The summed E-state index contributed by atoms with van der Waals surface area (Å²) in [6, 6.07) is 18.7. The Kier molecular flexibility index (Phi) is 9.07. The average Bonchev–Trinajstić information content (AvgIpc) is 2.84. The van der Waals surface area contributed by atoms with Crippen molar-refractivity contribution in [3.63, 3.8) is 0 Å². The molecule has 0 bridgehead atoms. The molecule has 0 saturated carbocycles. The van der Waals surface area contributed by atoms with Crippen molar-refractivity contribution < 1.29 is 19.1 Å². The van der Waals surface area contributed by atoms with E-state index in [-0.39, 0.29) is 12.5 Å². The molecule has 176 valence electrons. The van der Waals surface area contributed by atoms with Gasteiger partial charge in [0.1, 0.15) is 24.1 Å². The highest BCUT2D eigenvalue weighted by Gasteiger charge is 2.16. The van der Waals surface area contributed by atoms with Crippen molar-refractivity contribution in [2.24, 2.45) is 5.10 Å². The van der Waals surface area contributed by atoms with Crippen LogP contribution in [0, 0.1) is 0 Å². The van der Waals surface area contributed by atoms with Crippen LogP contribution >= 0.6 is 27.5 Å². The predicted molar refractivity (Wildman–Crippen MR) is 136 cm³/mol. The zero-order chi connectivity index (χ0) is 24.5. The fraction of sp³-hybridized carbons (Fsp3) is 0.160. The van der Waals surface area contributed by atoms with Gasteiger partial charge in [-0.2, -0.15) is 5.10 Å². The number of nitrogens with one attached hydrogen (secondary N) is 2. The topological polar surface area (TPSA) is 89.0 Å². The minimum absolute atomic E-state index is 0.281. The van der Waals surface area contributed by atoms with Gasteiger partial charge in [0.2, 0.25) is 0 Å². The van der Waals surface area contributed by atoms with Crippen molar-refractivity contribution >= 4 is 45.6 Å². The summed E-state index contributed by atoms with van der Waals surface area (Å²) >= 11 is 9.62. The van der Waals surface area contributed by atoms with Gasteiger partial charge < -0.3 is 14.8 Å². The molecule has 3 aromatic carbocycles. The van der Waals surface area contributed by atoms with Crippen LogP contribution < -0.4 is 20.2 Å². The average molecular weight is 545 g/mol. The van der Waals surface area contributed by atoms with E-state index in [0.29, 0.717) is 27.6 Å². The number of hydrogen-bond acceptors (Lipinski definition) is 5. The van der Waals surface area contributed by atoms with Gasteiger partial charge in [-0.1, -0.05) is 45.7 Å². The van der Waals surface area contributed by atoms with E-state index in [4.69, 9.17) is 21.1 Å². The number of carbonyl (C=O) groups excluding carboxylic acids is 2. The molecule has 1 unspecified atom stereocenters. The number of hydrogen-bond donors (Lipinski definition) is 2. The Balaban J connectivity index is 1.59. The highest BCUT2D eigenvalue weighted by atomic mass is 79.9. The van der Waals surface area contributed by atoms with Gasteiger partial charge in [-0.15, -0.1) is 0 Å². The van der Waals surface area contributed by atoms with Gasteiger partial charge in [0, 0.05) is 26.2 Å². The van der Waals surface area contributed by atoms with Crippen molar-refractivity contribution in [2.75, 3.05) is 7.11 Å². The summed E-state index contributed by atoms with van der Waals surface area (Å²) in [6.07, 6.45) is 1.47. The first-order chi connectivity index (χ1) is 16.4. The quantitative estimate of drug-likeness (QED) is 0.294. The summed E-state index contributed by atoms with van der Waals surface area (Å²) in [6.45, 7) is 1.85. The molecular weight excluding hydrogens is 522 g/mol. The summed E-state index contributed by atoms with van der Waals surface area (Å²) in [5.74, 6) is 0.365. The summed E-state index contributed by atoms with van der Waals surface area (Å²) < 4.78 is 11.8. The lowest BCUT2D eigenvalue weighted by Gasteiger charge is -2.13. The van der Waals surface area contributed by atoms with Gasteiger partial charge in [0.05, 0.1) is 13.3 Å². The summed E-state index contributed by atoms with van der Waals surface area (Å²) in [4.78, 5) is 24.7. The lowest BCUT2D eigenvalue weighted by molar-refractivity contribution is -0.122. The van der Waals surface area contributed by atoms with Crippen LogP contribution in [0.5, 0.6) is 11.5 Å². The minimum atomic E-state index is -0.801. The number of halogens is 2. The molecule has 0 aliphatic rings. The number of hydrazone groups is 1. The van der Waals surface area contributed by atoms with Crippen LogP contribution in [0.2, 0.25) is 5.02 Å². The molecule has 0 aromatic heterocycles. The molecule has 2 N–H and O–H groups in total. The number of carbonyl (C=O) groups is 2. The summed E-state index contributed by atoms with van der Waals surface area (Å²) in [5, 5.41) is 7.27. The molecule has 2 amide bonds. The van der Waals surface area contributed by atoms with E-state index >= 15 is 0 Å². The summed E-state index contributed by atoms with van der Waals surface area (Å²) in [5.41, 5.74) is 4.36. The van der Waals surface area contributed by atoms with Crippen molar-refractivity contribution in [3.05, 3.63) is 92.9 Å². The fourth-order valence-electron chi connectivity index (χ4n) is 2.87. The smallest absolute Gasteiger partial charge is 0.262 e. The third kappa shape index (κ3) is 7.07. The molecule has 3 aromatic rings. The Hall–Kier alpha value is -3.36. The largest absolute Gasteiger partial charge is 0.497 e. The van der Waals surface area contributed by atoms with E-state index in [1.165, 1.54) is 6.21 Å². The van der Waals surface area contributed by atoms with Gasteiger partial charge in [-0.25, -0.2) is 5.43 Å². The Morgan fingerprint density at radius 1 is 1.12 bits per heavy atom. The third-order valence-electron chi connectivity index (χ3n) is 4.78. The first-order valence-corrected chi connectivity index (χ1v) is 11.5. The number of nitrogens with zero attached hydrogens (tertiary/aromatic N) is 1. The van der Waals surface area contributed by atoms with E-state index in [2.05, 4.69) is 31.8 Å². The van der Waals surface area contributed by atoms with E-state index < -0.39 is 11.9 Å². The maximum absolute atomic E-state index is 12.4. The number of methoxy groups -OCH3 is 1. The van der Waals surface area contributed by atoms with Crippen LogP contribution in [0.4, 0.5) is 0 Å². The predicted octanol–water partition coefficient (Wildman–Crippen LogP) is 4.96. The van der Waals surface area contributed by atoms with Crippen LogP contribution in [0.1, 0.15) is 28.4 Å². The molecule has 0 spiro atoms. The van der Waals surface area contributed by atoms with E-state index in [0.717, 1.165) is 10.0 Å². The molecule has 1 atom stereocenters. The molecule has 0 fully saturated rings. The maximum Gasteiger partial charge on any atom is 0.262 e. The van der Waals surface area contributed by atoms with Crippen LogP contribution in [0.15, 0.2) is 76.3 Å². The first-order valence-electron chi connectivity index (χ1n) is 10.3. The normalized spacial score (nSPS) is 11.6. The van der Waals surface area contributed by atoms with Crippen molar-refractivity contribution in [1.29, 1.82) is 0 Å². The number of amides is 2. The van der Waals surface area contributed by atoms with Crippen LogP contribution in [-0.2, 0) is 11.4 Å². The lowest BCUT2D eigenvalue weighted by Crippen LogP contribution is -2.43. The fourth-order valence-corrected chi connectivity index (χ4v) is 3.44. The van der Waals surface area contributed by atoms with Crippen LogP contribution in [0.25, 0.3) is 0 Å². The van der Waals surface area contributed by atoms with Crippen LogP contribution in [0.3, 0.4) is 0 Å². The second-order valence-corrected chi connectivity index (χ2v) is 8.54. The van der Waals surface area contributed by atoms with E-state index in [1.54, 1.807) is 50.4 Å². The second kappa shape index (κ2) is 12.2. The highest BCUT2D eigenvalue weighted by molar-refractivity contribution is 9.10. The molecule has 0 saturated heterocycles. The van der Waals surface area contributed by atoms with Crippen molar-refractivity contribution in [3.8, 4) is 11.5 Å². The molecule has 0 aliphatic carbocycles. The monoisotopic (exact) mass is 543 g/mol. The maximum atomic E-state index is 12.4. The van der Waals surface area contributed by atoms with Gasteiger partial charge in [0.25, 0.3) is 11.8 Å². The Morgan fingerprint density at radius 3 is 2.56 bits per heavy atom. The first kappa shape index (κ1) is 25.3. The zero-order valence-corrected chi connectivity index (χ0v) is 20.9.